The second-order valence-corrected chi connectivity index (χ2v) is 10.8. The molecule has 2 aliphatic heterocycles. The van der Waals surface area contributed by atoms with Gasteiger partial charge in [0.2, 0.25) is 5.91 Å². The molecule has 2 aromatic rings. The number of rotatable bonds is 7. The van der Waals surface area contributed by atoms with Gasteiger partial charge in [0.15, 0.2) is 0 Å². The molecular weight excluding hydrogens is 526 g/mol. The summed E-state index contributed by atoms with van der Waals surface area (Å²) in [5.41, 5.74) is 4.31. The molecular formula is C28H31NO9S. The number of ether oxygens (including phenoxy) is 2. The van der Waals surface area contributed by atoms with Crippen molar-refractivity contribution in [3.63, 3.8) is 0 Å². The summed E-state index contributed by atoms with van der Waals surface area (Å²) in [6.45, 7) is 8.28. The molecule has 0 spiro atoms. The molecule has 10 nitrogen and oxygen atoms in total. The van der Waals surface area contributed by atoms with Gasteiger partial charge in [0.05, 0.1) is 5.25 Å². The van der Waals surface area contributed by atoms with E-state index in [1.807, 2.05) is 52.0 Å². The standard InChI is InChI=1S/C24H27NO5S.C4H4O4/c1-13-14(2)21-18(15(3)20(13)26)9-10-24(4,30-21)12-29-17-7-5-16(6-8-17)11-19-22(27)25-23(28)31-19;5-3(6)1-2-4(7)8/h5-8,19,26H,9-12H2,1-4H3,(H,25,27,28);1-2H,(H,5,6)(H,7,8)/b;2-1-. The van der Waals surface area contributed by atoms with Crippen LogP contribution in [0.2, 0.25) is 0 Å². The maximum atomic E-state index is 11.7. The Balaban J connectivity index is 0.000000459. The highest BCUT2D eigenvalue weighted by Gasteiger charge is 2.35. The van der Waals surface area contributed by atoms with E-state index in [4.69, 9.17) is 19.7 Å². The fourth-order valence-electron chi connectivity index (χ4n) is 4.24. The van der Waals surface area contributed by atoms with E-state index in [-0.39, 0.29) is 16.4 Å². The van der Waals surface area contributed by atoms with Crippen molar-refractivity contribution < 1.29 is 44.0 Å². The number of carbonyl (C=O) groups is 4. The Bertz CT molecular complexity index is 1300. The number of phenolic OH excluding ortho intramolecular Hbond substituents is 1. The van der Waals surface area contributed by atoms with Crippen molar-refractivity contribution in [2.24, 2.45) is 0 Å². The minimum atomic E-state index is -1.26. The van der Waals surface area contributed by atoms with E-state index in [2.05, 4.69) is 5.32 Å². The molecule has 208 valence electrons. The first-order valence-electron chi connectivity index (χ1n) is 12.2. The van der Waals surface area contributed by atoms with Gasteiger partial charge in [-0.25, -0.2) is 9.59 Å². The van der Waals surface area contributed by atoms with Gasteiger partial charge in [-0.2, -0.15) is 0 Å². The number of hydrogen-bond donors (Lipinski definition) is 4. The first kappa shape index (κ1) is 29.6. The molecule has 0 bridgehead atoms. The molecule has 2 atom stereocenters. The summed E-state index contributed by atoms with van der Waals surface area (Å²) in [6.07, 6.45) is 3.24. The number of carbonyl (C=O) groups excluding carboxylic acids is 2. The van der Waals surface area contributed by atoms with Crippen LogP contribution in [0.5, 0.6) is 17.2 Å². The predicted octanol–water partition coefficient (Wildman–Crippen LogP) is 4.09. The molecule has 0 saturated carbocycles. The summed E-state index contributed by atoms with van der Waals surface area (Å²) < 4.78 is 12.4. The number of imide groups is 1. The zero-order valence-corrected chi connectivity index (χ0v) is 22.9. The van der Waals surface area contributed by atoms with Gasteiger partial charge in [0.25, 0.3) is 5.24 Å². The van der Waals surface area contributed by atoms with Crippen LogP contribution in [0.4, 0.5) is 4.79 Å². The van der Waals surface area contributed by atoms with Gasteiger partial charge in [0.1, 0.15) is 29.5 Å². The smallest absolute Gasteiger partial charge is 0.328 e. The third-order valence-corrected chi connectivity index (χ3v) is 7.60. The molecule has 4 rings (SSSR count). The molecule has 4 N–H and O–H groups in total. The largest absolute Gasteiger partial charge is 0.507 e. The van der Waals surface area contributed by atoms with E-state index in [9.17, 15) is 24.3 Å². The molecule has 0 aromatic heterocycles. The van der Waals surface area contributed by atoms with Crippen molar-refractivity contribution in [1.82, 2.24) is 5.32 Å². The molecule has 0 radical (unpaired) electrons. The number of aromatic hydroxyl groups is 1. The summed E-state index contributed by atoms with van der Waals surface area (Å²) in [4.78, 5) is 42.2. The Morgan fingerprint density at radius 1 is 1.08 bits per heavy atom. The summed E-state index contributed by atoms with van der Waals surface area (Å²) in [5.74, 6) is -0.791. The van der Waals surface area contributed by atoms with E-state index < -0.39 is 17.5 Å². The van der Waals surface area contributed by atoms with Gasteiger partial charge >= 0.3 is 11.9 Å². The van der Waals surface area contributed by atoms with E-state index in [1.54, 1.807) is 0 Å². The quantitative estimate of drug-likeness (QED) is 0.365. The second-order valence-electron chi connectivity index (χ2n) is 9.61. The Labute approximate surface area is 230 Å². The molecule has 2 aliphatic rings. The number of carboxylic acids is 2. The lowest BCUT2D eigenvalue weighted by molar-refractivity contribution is -0.134. The zero-order valence-electron chi connectivity index (χ0n) is 22.1. The Kier molecular flexibility index (Phi) is 9.28. The van der Waals surface area contributed by atoms with Crippen LogP contribution in [0.1, 0.15) is 41.2 Å². The highest BCUT2D eigenvalue weighted by atomic mass is 32.2. The van der Waals surface area contributed by atoms with Gasteiger partial charge in [-0.3, -0.25) is 14.9 Å². The van der Waals surface area contributed by atoms with Crippen LogP contribution in [-0.2, 0) is 27.2 Å². The first-order chi connectivity index (χ1) is 18.3. The number of aliphatic carboxylic acids is 2. The minimum Gasteiger partial charge on any atom is -0.507 e. The second kappa shape index (κ2) is 12.2. The Morgan fingerprint density at radius 2 is 1.69 bits per heavy atom. The fraction of sp³-hybridized carbons (Fsp3) is 0.357. The number of phenols is 1. The van der Waals surface area contributed by atoms with E-state index in [0.717, 1.165) is 63.9 Å². The maximum Gasteiger partial charge on any atom is 0.328 e. The lowest BCUT2D eigenvalue weighted by Gasteiger charge is -2.37. The fourth-order valence-corrected chi connectivity index (χ4v) is 5.10. The first-order valence-corrected chi connectivity index (χ1v) is 13.1. The SMILES string of the molecule is Cc1c(C)c2c(c(C)c1O)CCC(C)(COc1ccc(CC3SC(=O)NC3=O)cc1)O2.O=C(O)/C=C\C(=O)O. The van der Waals surface area contributed by atoms with Gasteiger partial charge in [-0.1, -0.05) is 23.9 Å². The number of fused-ring (bicyclic) bond motifs is 1. The van der Waals surface area contributed by atoms with Crippen LogP contribution in [0.15, 0.2) is 36.4 Å². The molecule has 1 fully saturated rings. The Hall–Kier alpha value is -3.99. The minimum absolute atomic E-state index is 0.230. The third kappa shape index (κ3) is 7.53. The van der Waals surface area contributed by atoms with Crippen molar-refractivity contribution in [1.29, 1.82) is 0 Å². The highest BCUT2D eigenvalue weighted by molar-refractivity contribution is 8.15. The van der Waals surface area contributed by atoms with Crippen molar-refractivity contribution in [3.8, 4) is 17.2 Å². The average Bonchev–Trinajstić information content (AvgIpc) is 3.21. The lowest BCUT2D eigenvalue weighted by atomic mass is 9.87. The summed E-state index contributed by atoms with van der Waals surface area (Å²) in [5, 5.41) is 27.6. The van der Waals surface area contributed by atoms with Gasteiger partial charge in [0, 0.05) is 17.7 Å². The number of hydrogen-bond acceptors (Lipinski definition) is 8. The topological polar surface area (TPSA) is 159 Å². The van der Waals surface area contributed by atoms with Gasteiger partial charge in [-0.15, -0.1) is 0 Å². The van der Waals surface area contributed by atoms with Gasteiger partial charge in [-0.05, 0) is 81.3 Å². The van der Waals surface area contributed by atoms with Crippen LogP contribution < -0.4 is 14.8 Å². The molecule has 2 unspecified atom stereocenters. The van der Waals surface area contributed by atoms with Crippen molar-refractivity contribution in [2.45, 2.75) is 57.8 Å². The molecule has 39 heavy (non-hydrogen) atoms. The predicted molar refractivity (Wildman–Crippen MR) is 145 cm³/mol. The maximum absolute atomic E-state index is 11.7. The van der Waals surface area contributed by atoms with Crippen molar-refractivity contribution >= 4 is 34.8 Å². The third-order valence-electron chi connectivity index (χ3n) is 6.62. The zero-order chi connectivity index (χ0) is 28.9. The number of benzene rings is 2. The normalized spacial score (nSPS) is 19.9. The number of carboxylic acid groups (broad SMARTS) is 2. The van der Waals surface area contributed by atoms with Crippen LogP contribution in [0.3, 0.4) is 0 Å². The molecule has 1 saturated heterocycles. The Morgan fingerprint density at radius 3 is 2.23 bits per heavy atom. The van der Waals surface area contributed by atoms with Crippen LogP contribution in [-0.4, -0.2) is 55.9 Å². The molecule has 11 heteroatoms. The lowest BCUT2D eigenvalue weighted by Crippen LogP contribution is -2.42. The van der Waals surface area contributed by atoms with Crippen molar-refractivity contribution in [3.05, 3.63) is 64.2 Å². The molecule has 2 aromatic carbocycles. The van der Waals surface area contributed by atoms with Crippen molar-refractivity contribution in [2.75, 3.05) is 6.61 Å². The average molecular weight is 558 g/mol. The molecule has 0 aliphatic carbocycles. The monoisotopic (exact) mass is 557 g/mol. The van der Waals surface area contributed by atoms with E-state index in [1.165, 1.54) is 0 Å². The molecule has 2 heterocycles. The van der Waals surface area contributed by atoms with Crippen LogP contribution in [0.25, 0.3) is 0 Å². The number of nitrogens with one attached hydrogen (secondary N) is 1. The van der Waals surface area contributed by atoms with Crippen LogP contribution >= 0.6 is 11.8 Å². The highest BCUT2D eigenvalue weighted by Crippen LogP contribution is 2.43. The molecule has 2 amide bonds. The number of amides is 2. The summed E-state index contributed by atoms with van der Waals surface area (Å²) >= 11 is 1.04. The van der Waals surface area contributed by atoms with Crippen LogP contribution in [0, 0.1) is 20.8 Å². The van der Waals surface area contributed by atoms with E-state index in [0.29, 0.717) is 30.9 Å². The summed E-state index contributed by atoms with van der Waals surface area (Å²) in [6, 6.07) is 7.61. The van der Waals surface area contributed by atoms with E-state index >= 15 is 0 Å². The summed E-state index contributed by atoms with van der Waals surface area (Å²) in [7, 11) is 0. The van der Waals surface area contributed by atoms with Gasteiger partial charge < -0.3 is 24.8 Å². The number of thioether (sulfide) groups is 1.